The molecule has 0 bridgehead atoms. The first-order chi connectivity index (χ1) is 9.47. The molecule has 1 atom stereocenters. The Bertz CT molecular complexity index is 646. The van der Waals surface area contributed by atoms with Crippen LogP contribution in [-0.4, -0.2) is 38.9 Å². The minimum atomic E-state index is 0.189. The van der Waals surface area contributed by atoms with Crippen molar-refractivity contribution in [1.29, 1.82) is 0 Å². The summed E-state index contributed by atoms with van der Waals surface area (Å²) in [6.07, 6.45) is 0.968. The van der Waals surface area contributed by atoms with Gasteiger partial charge in [0.1, 0.15) is 5.52 Å². The summed E-state index contributed by atoms with van der Waals surface area (Å²) in [6.45, 7) is 5.93. The van der Waals surface area contributed by atoms with E-state index in [-0.39, 0.29) is 6.04 Å². The van der Waals surface area contributed by atoms with Crippen LogP contribution in [0, 0.1) is 0 Å². The van der Waals surface area contributed by atoms with Crippen molar-refractivity contribution in [2.75, 3.05) is 23.7 Å². The zero-order valence-electron chi connectivity index (χ0n) is 12.2. The van der Waals surface area contributed by atoms with Crippen LogP contribution in [0.2, 0.25) is 0 Å². The van der Waals surface area contributed by atoms with E-state index >= 15 is 0 Å². The number of hydrogen-bond acceptors (Lipinski definition) is 6. The fourth-order valence-corrected chi connectivity index (χ4v) is 2.93. The van der Waals surface area contributed by atoms with E-state index in [1.54, 1.807) is 0 Å². The summed E-state index contributed by atoms with van der Waals surface area (Å²) in [5.74, 6) is 1.43. The molecule has 1 aliphatic rings. The lowest BCUT2D eigenvalue weighted by molar-refractivity contribution is 0.676. The molecule has 20 heavy (non-hydrogen) atoms. The highest BCUT2D eigenvalue weighted by molar-refractivity contribution is 5.89. The van der Waals surface area contributed by atoms with Gasteiger partial charge in [0.15, 0.2) is 11.3 Å². The van der Waals surface area contributed by atoms with E-state index in [1.165, 1.54) is 0 Å². The van der Waals surface area contributed by atoms with Crippen LogP contribution in [0.4, 0.5) is 11.8 Å². The van der Waals surface area contributed by atoms with Gasteiger partial charge in [-0.3, -0.25) is 4.68 Å². The van der Waals surface area contributed by atoms with E-state index in [0.29, 0.717) is 11.9 Å². The smallest absolute Gasteiger partial charge is 0.222 e. The van der Waals surface area contributed by atoms with Gasteiger partial charge in [-0.2, -0.15) is 10.1 Å². The molecule has 7 heteroatoms. The number of nitrogen functional groups attached to an aromatic ring is 1. The molecular weight excluding hydrogens is 254 g/mol. The Hall–Kier alpha value is -1.89. The molecule has 0 radical (unpaired) electrons. The Balaban J connectivity index is 2.20. The fourth-order valence-electron chi connectivity index (χ4n) is 2.93. The van der Waals surface area contributed by atoms with Crippen LogP contribution in [0.25, 0.3) is 11.0 Å². The van der Waals surface area contributed by atoms with Gasteiger partial charge in [0.2, 0.25) is 5.95 Å². The van der Waals surface area contributed by atoms with E-state index in [2.05, 4.69) is 33.8 Å². The first-order valence-electron chi connectivity index (χ1n) is 6.98. The van der Waals surface area contributed by atoms with E-state index in [4.69, 9.17) is 11.5 Å². The first-order valence-corrected chi connectivity index (χ1v) is 6.98. The molecule has 1 saturated heterocycles. The van der Waals surface area contributed by atoms with Gasteiger partial charge >= 0.3 is 0 Å². The predicted molar refractivity (Wildman–Crippen MR) is 79.6 cm³/mol. The second kappa shape index (κ2) is 4.59. The summed E-state index contributed by atoms with van der Waals surface area (Å²) in [7, 11) is 1.94. The summed E-state index contributed by atoms with van der Waals surface area (Å²) >= 11 is 0. The second-order valence-electron chi connectivity index (χ2n) is 5.76. The number of nitrogens with zero attached hydrogens (tertiary/aromatic N) is 5. The fraction of sp³-hybridized carbons (Fsp3) is 0.615. The summed E-state index contributed by atoms with van der Waals surface area (Å²) in [4.78, 5) is 10.9. The van der Waals surface area contributed by atoms with Crippen molar-refractivity contribution in [2.45, 2.75) is 32.2 Å². The van der Waals surface area contributed by atoms with E-state index in [1.807, 2.05) is 11.7 Å². The molecule has 1 aliphatic heterocycles. The Kier molecular flexibility index (Phi) is 3.01. The molecule has 2 aromatic rings. The Morgan fingerprint density at radius 1 is 1.25 bits per heavy atom. The van der Waals surface area contributed by atoms with Crippen molar-refractivity contribution < 1.29 is 0 Å². The maximum atomic E-state index is 5.99. The molecule has 108 valence electrons. The largest absolute Gasteiger partial charge is 0.368 e. The SMILES string of the molecule is CC(C)c1c2nc(N)nc(N3CC[C@@H](N)C3)c2nn1C. The third-order valence-corrected chi connectivity index (χ3v) is 3.80. The lowest BCUT2D eigenvalue weighted by Gasteiger charge is -2.17. The van der Waals surface area contributed by atoms with Crippen molar-refractivity contribution in [3.63, 3.8) is 0 Å². The minimum absolute atomic E-state index is 0.189. The highest BCUT2D eigenvalue weighted by Gasteiger charge is 2.26. The molecule has 0 saturated carbocycles. The van der Waals surface area contributed by atoms with Crippen molar-refractivity contribution in [2.24, 2.45) is 12.8 Å². The number of anilines is 2. The van der Waals surface area contributed by atoms with Gasteiger partial charge < -0.3 is 16.4 Å². The zero-order valence-corrected chi connectivity index (χ0v) is 12.2. The molecule has 0 aliphatic carbocycles. The maximum absolute atomic E-state index is 5.99. The van der Waals surface area contributed by atoms with E-state index < -0.39 is 0 Å². The van der Waals surface area contributed by atoms with Crippen molar-refractivity contribution in [3.8, 4) is 0 Å². The molecule has 2 aromatic heterocycles. The molecule has 0 aromatic carbocycles. The molecule has 1 fully saturated rings. The van der Waals surface area contributed by atoms with Gasteiger partial charge in [-0.1, -0.05) is 13.8 Å². The van der Waals surface area contributed by atoms with Gasteiger partial charge in [0, 0.05) is 26.2 Å². The Morgan fingerprint density at radius 3 is 2.60 bits per heavy atom. The number of nitrogens with two attached hydrogens (primary N) is 2. The first kappa shape index (κ1) is 13.1. The number of rotatable bonds is 2. The van der Waals surface area contributed by atoms with Gasteiger partial charge in [-0.05, 0) is 12.3 Å². The average Bonchev–Trinajstić information content (AvgIpc) is 2.91. The number of aryl methyl sites for hydroxylation is 1. The quantitative estimate of drug-likeness (QED) is 0.833. The number of hydrogen-bond donors (Lipinski definition) is 2. The summed E-state index contributed by atoms with van der Waals surface area (Å²) in [5, 5.41) is 4.60. The third kappa shape index (κ3) is 1.98. The van der Waals surface area contributed by atoms with Gasteiger partial charge in [0.05, 0.1) is 5.69 Å². The van der Waals surface area contributed by atoms with Crippen LogP contribution in [0.1, 0.15) is 31.9 Å². The highest BCUT2D eigenvalue weighted by atomic mass is 15.3. The van der Waals surface area contributed by atoms with Gasteiger partial charge in [0.25, 0.3) is 0 Å². The summed E-state index contributed by atoms with van der Waals surface area (Å²) in [5.41, 5.74) is 14.6. The van der Waals surface area contributed by atoms with Crippen LogP contribution >= 0.6 is 0 Å². The normalized spacial score (nSPS) is 19.4. The number of fused-ring (bicyclic) bond motifs is 1. The monoisotopic (exact) mass is 275 g/mol. The average molecular weight is 275 g/mol. The number of aromatic nitrogens is 4. The van der Waals surface area contributed by atoms with Gasteiger partial charge in [-0.15, -0.1) is 0 Å². The predicted octanol–water partition coefficient (Wildman–Crippen LogP) is 0.606. The van der Waals surface area contributed by atoms with Crippen LogP contribution in [0.5, 0.6) is 0 Å². The molecule has 0 amide bonds. The molecule has 7 nitrogen and oxygen atoms in total. The molecule has 0 spiro atoms. The van der Waals surface area contributed by atoms with Crippen LogP contribution in [0.3, 0.4) is 0 Å². The molecule has 4 N–H and O–H groups in total. The molecular formula is C13H21N7. The lowest BCUT2D eigenvalue weighted by atomic mass is 10.1. The van der Waals surface area contributed by atoms with Crippen LogP contribution in [-0.2, 0) is 7.05 Å². The van der Waals surface area contributed by atoms with Crippen LogP contribution in [0.15, 0.2) is 0 Å². The second-order valence-corrected chi connectivity index (χ2v) is 5.76. The van der Waals surface area contributed by atoms with Gasteiger partial charge in [-0.25, -0.2) is 4.98 Å². The molecule has 3 rings (SSSR count). The Morgan fingerprint density at radius 2 is 2.00 bits per heavy atom. The third-order valence-electron chi connectivity index (χ3n) is 3.80. The van der Waals surface area contributed by atoms with Crippen LogP contribution < -0.4 is 16.4 Å². The Labute approximate surface area is 118 Å². The maximum Gasteiger partial charge on any atom is 0.222 e. The molecule has 0 unspecified atom stereocenters. The van der Waals surface area contributed by atoms with E-state index in [0.717, 1.165) is 42.1 Å². The van der Waals surface area contributed by atoms with Crippen molar-refractivity contribution in [1.82, 2.24) is 19.7 Å². The molecule has 3 heterocycles. The summed E-state index contributed by atoms with van der Waals surface area (Å²) < 4.78 is 1.88. The zero-order chi connectivity index (χ0) is 14.4. The summed E-state index contributed by atoms with van der Waals surface area (Å²) in [6, 6.07) is 0.189. The minimum Gasteiger partial charge on any atom is -0.368 e. The highest BCUT2D eigenvalue weighted by Crippen LogP contribution is 2.30. The lowest BCUT2D eigenvalue weighted by Crippen LogP contribution is -2.27. The standard InChI is InChI=1S/C13H21N7/c1-7(2)11-9-10(18-19(11)3)12(17-13(15)16-9)20-5-4-8(14)6-20/h7-8H,4-6,14H2,1-3H3,(H2,15,16)/t8-/m1/s1. The van der Waals surface area contributed by atoms with Crippen molar-refractivity contribution >= 4 is 22.8 Å². The van der Waals surface area contributed by atoms with E-state index in [9.17, 15) is 0 Å². The van der Waals surface area contributed by atoms with Crippen molar-refractivity contribution in [3.05, 3.63) is 5.69 Å². The topological polar surface area (TPSA) is 98.9 Å².